The molecule has 3 unspecified atom stereocenters. The van der Waals surface area contributed by atoms with Gasteiger partial charge in [-0.15, -0.1) is 11.8 Å². The number of nitrogens with two attached hydrogens (primary N) is 2. The first-order valence-electron chi connectivity index (χ1n) is 13.7. The highest BCUT2D eigenvalue weighted by Crippen LogP contribution is 2.58. The first-order chi connectivity index (χ1) is 22.2. The number of anilines is 2. The van der Waals surface area contributed by atoms with Crippen LogP contribution in [0.4, 0.5) is 11.8 Å². The van der Waals surface area contributed by atoms with Gasteiger partial charge in [0.25, 0.3) is 5.56 Å². The fourth-order valence-corrected chi connectivity index (χ4v) is 10.4. The lowest BCUT2D eigenvalue weighted by molar-refractivity contribution is -0.112. The molecule has 254 valence electrons. The fraction of sp³-hybridized carbons (Fsp3) is 0.545. The molecule has 0 amide bonds. The molecule has 0 aliphatic carbocycles. The van der Waals surface area contributed by atoms with Gasteiger partial charge >= 0.3 is 13.4 Å². The van der Waals surface area contributed by atoms with Crippen LogP contribution in [-0.2, 0) is 51.2 Å². The maximum atomic E-state index is 12.4. The summed E-state index contributed by atoms with van der Waals surface area (Å²) in [6, 6.07) is 0. The first kappa shape index (κ1) is 33.3. The third-order valence-electron chi connectivity index (χ3n) is 7.96. The van der Waals surface area contributed by atoms with Crippen molar-refractivity contribution in [1.29, 1.82) is 0 Å². The Morgan fingerprint density at radius 1 is 1.09 bits per heavy atom. The van der Waals surface area contributed by atoms with Gasteiger partial charge in [-0.2, -0.15) is 4.98 Å². The summed E-state index contributed by atoms with van der Waals surface area (Å²) in [5.74, 6) is -0.0122. The highest BCUT2D eigenvalue weighted by atomic mass is 32.5. The van der Waals surface area contributed by atoms with Crippen molar-refractivity contribution in [2.24, 2.45) is 0 Å². The number of nitrogen functional groups attached to an aromatic ring is 2. The average molecular weight is 751 g/mol. The van der Waals surface area contributed by atoms with Gasteiger partial charge in [0.1, 0.15) is 41.1 Å². The number of fused-ring (bicyclic) bond motifs is 5. The van der Waals surface area contributed by atoms with E-state index in [0.29, 0.717) is 11.2 Å². The number of methoxy groups -OCH3 is 1. The molecule has 3 aliphatic rings. The molecule has 10 atom stereocenters. The van der Waals surface area contributed by atoms with Gasteiger partial charge in [0, 0.05) is 7.11 Å². The zero-order chi connectivity index (χ0) is 33.5. The number of thioether (sulfide) groups is 1. The van der Waals surface area contributed by atoms with Gasteiger partial charge in [-0.1, -0.05) is 0 Å². The molecule has 0 aromatic carbocycles. The van der Waals surface area contributed by atoms with Crippen LogP contribution in [-0.4, -0.2) is 110 Å². The van der Waals surface area contributed by atoms with E-state index in [-0.39, 0.29) is 29.5 Å². The van der Waals surface area contributed by atoms with Gasteiger partial charge in [-0.3, -0.25) is 28.0 Å². The average Bonchev–Trinajstić information content (AvgIpc) is 3.75. The molecule has 20 nitrogen and oxygen atoms in total. The molecule has 7 rings (SSSR count). The number of aromatic nitrogens is 8. The van der Waals surface area contributed by atoms with Crippen molar-refractivity contribution in [3.63, 3.8) is 0 Å². The van der Waals surface area contributed by atoms with Crippen molar-refractivity contribution in [2.45, 2.75) is 53.8 Å². The van der Waals surface area contributed by atoms with Crippen molar-refractivity contribution in [3.8, 4) is 0 Å². The van der Waals surface area contributed by atoms with E-state index in [2.05, 4.69) is 29.9 Å². The second kappa shape index (κ2) is 12.0. The number of imidazole rings is 2. The summed E-state index contributed by atoms with van der Waals surface area (Å²) in [5, 5.41) is 9.69. The summed E-state index contributed by atoms with van der Waals surface area (Å²) < 4.78 is 38.9. The van der Waals surface area contributed by atoms with Crippen LogP contribution in [0.15, 0.2) is 23.8 Å². The topological polar surface area (TPSA) is 275 Å². The Kier molecular flexibility index (Phi) is 8.49. The molecule has 2 bridgehead atoms. The second-order valence-corrected chi connectivity index (χ2v) is 18.0. The second-order valence-electron chi connectivity index (χ2n) is 11.0. The summed E-state index contributed by atoms with van der Waals surface area (Å²) in [6.45, 7) is -7.45. The maximum absolute atomic E-state index is 12.4. The molecule has 4 aromatic rings. The van der Waals surface area contributed by atoms with Crippen LogP contribution >= 0.6 is 25.2 Å². The Morgan fingerprint density at radius 2 is 1.81 bits per heavy atom. The smallest absolute Gasteiger partial charge is 0.325 e. The van der Waals surface area contributed by atoms with Crippen LogP contribution in [0.1, 0.15) is 18.5 Å². The van der Waals surface area contributed by atoms with Crippen molar-refractivity contribution in [1.82, 2.24) is 39.0 Å². The molecule has 47 heavy (non-hydrogen) atoms. The van der Waals surface area contributed by atoms with E-state index in [4.69, 9.17) is 62.6 Å². The maximum Gasteiger partial charge on any atom is 0.325 e. The molecule has 0 saturated carbocycles. The van der Waals surface area contributed by atoms with E-state index in [9.17, 15) is 19.7 Å². The number of rotatable bonds is 3. The summed E-state index contributed by atoms with van der Waals surface area (Å²) in [5.41, 5.74) is 10.4. The molecular weight excluding hydrogens is 722 g/mol. The minimum atomic E-state index is -4.17. The van der Waals surface area contributed by atoms with Crippen LogP contribution in [0.5, 0.6) is 0 Å². The number of hydrogen-bond acceptors (Lipinski definition) is 18. The molecule has 7 heterocycles. The molecule has 25 heteroatoms. The Bertz CT molecular complexity index is 2020. The Balaban J connectivity index is 1.24. The molecule has 0 radical (unpaired) electrons. The lowest BCUT2D eigenvalue weighted by atomic mass is 9.98. The lowest BCUT2D eigenvalue weighted by Crippen LogP contribution is -2.46. The van der Waals surface area contributed by atoms with E-state index in [1.807, 2.05) is 0 Å². The molecule has 3 aliphatic heterocycles. The molecular formula is C22H28N10O10P2S3. The molecule has 0 spiro atoms. The van der Waals surface area contributed by atoms with E-state index in [1.165, 1.54) is 30.7 Å². The van der Waals surface area contributed by atoms with E-state index < -0.39 is 72.5 Å². The van der Waals surface area contributed by atoms with Gasteiger partial charge in [-0.25, -0.2) is 19.9 Å². The highest BCUT2D eigenvalue weighted by molar-refractivity contribution is 8.07. The zero-order valence-corrected chi connectivity index (χ0v) is 28.5. The number of nitrogens with zero attached hydrogens (tertiary/aromatic N) is 7. The number of hydrogen-bond donors (Lipinski definition) is 6. The highest BCUT2D eigenvalue weighted by Gasteiger charge is 2.58. The Labute approximate surface area is 278 Å². The number of nitrogens with one attached hydrogen (secondary N) is 1. The van der Waals surface area contributed by atoms with Crippen LogP contribution in [0.2, 0.25) is 0 Å². The largest absolute Gasteiger partial charge is 0.389 e. The monoisotopic (exact) mass is 750 g/mol. The molecule has 3 saturated heterocycles. The Hall–Kier alpha value is -2.21. The summed E-state index contributed by atoms with van der Waals surface area (Å²) >= 11 is 11.9. The summed E-state index contributed by atoms with van der Waals surface area (Å²) in [4.78, 5) is 58.3. The minimum absolute atomic E-state index is 0.0134. The summed E-state index contributed by atoms with van der Waals surface area (Å²) in [7, 11) is 1.41. The predicted molar refractivity (Wildman–Crippen MR) is 173 cm³/mol. The Morgan fingerprint density at radius 3 is 2.57 bits per heavy atom. The SMILES string of the molecule is CO[C@H]1[C@@H](n2cnc3c(N)ncnc32)O[C@]2(C)COP(O)(=S)O[C@H]3C(n4cnc5c(=O)[nH]c(N)nc54)S[C@H](COP(O)(=S)O[C@@H]12)[C@H]3O. The first-order valence-corrected chi connectivity index (χ1v) is 19.8. The summed E-state index contributed by atoms with van der Waals surface area (Å²) in [6.07, 6.45) is -1.65. The van der Waals surface area contributed by atoms with Crippen molar-refractivity contribution < 1.29 is 42.5 Å². The predicted octanol–water partition coefficient (Wildman–Crippen LogP) is -0.348. The van der Waals surface area contributed by atoms with Gasteiger partial charge in [0.05, 0.1) is 37.2 Å². The normalized spacial score (nSPS) is 38.2. The molecule has 3 fully saturated rings. The van der Waals surface area contributed by atoms with Crippen LogP contribution in [0, 0.1) is 0 Å². The van der Waals surface area contributed by atoms with Crippen LogP contribution in [0.25, 0.3) is 22.3 Å². The molecule has 4 aromatic heterocycles. The van der Waals surface area contributed by atoms with Crippen molar-refractivity contribution in [3.05, 3.63) is 29.3 Å². The van der Waals surface area contributed by atoms with Crippen molar-refractivity contribution in [2.75, 3.05) is 31.8 Å². The minimum Gasteiger partial charge on any atom is -0.389 e. The number of aliphatic hydroxyl groups excluding tert-OH is 1. The fourth-order valence-electron chi connectivity index (χ4n) is 5.76. The zero-order valence-electron chi connectivity index (χ0n) is 24.3. The number of ether oxygens (including phenoxy) is 2. The van der Waals surface area contributed by atoms with Crippen LogP contribution < -0.4 is 17.0 Å². The van der Waals surface area contributed by atoms with Gasteiger partial charge in [-0.05, 0) is 30.5 Å². The van der Waals surface area contributed by atoms with Gasteiger partial charge in [0.15, 0.2) is 28.9 Å². The molecule has 8 N–H and O–H groups in total. The standard InChI is InChI=1S/C22H28N10O10P2S3/c1-22-4-39-44(36,46)41-12-11(33)8(47-20(12)32-7-28-10-17(32)29-21(24)30-18(10)34)3-38-43(35,45)42-14(22)13(37-2)19(40-22)31-6-27-9-15(23)25-5-26-16(9)31/h5-8,11-14,19-20,33H,3-4H2,1-2H3,(H,35,45)(H,36,46)(H2,23,25,26)(H3,24,29,30,34)/t8-,11-,12-,13-,14+,19+,20?,22-,43?,44?/m1/s1. The van der Waals surface area contributed by atoms with Crippen molar-refractivity contribution >= 4 is 82.9 Å². The van der Waals surface area contributed by atoms with E-state index >= 15 is 0 Å². The third-order valence-corrected chi connectivity index (χ3v) is 12.6. The third kappa shape index (κ3) is 5.91. The van der Waals surface area contributed by atoms with E-state index in [0.717, 1.165) is 11.8 Å². The van der Waals surface area contributed by atoms with Gasteiger partial charge < -0.3 is 44.9 Å². The number of aliphatic hydroxyl groups is 1. The number of aromatic amines is 1. The van der Waals surface area contributed by atoms with Gasteiger partial charge in [0.2, 0.25) is 5.95 Å². The van der Waals surface area contributed by atoms with E-state index in [1.54, 1.807) is 11.5 Å². The van der Waals surface area contributed by atoms with Crippen LogP contribution in [0.3, 0.4) is 0 Å². The quantitative estimate of drug-likeness (QED) is 0.146. The number of H-pyrrole nitrogens is 1. The lowest BCUT2D eigenvalue weighted by Gasteiger charge is -2.34.